The Bertz CT molecular complexity index is 284. The van der Waals surface area contributed by atoms with Crippen molar-refractivity contribution in [1.82, 2.24) is 10.2 Å². The van der Waals surface area contributed by atoms with E-state index >= 15 is 0 Å². The van der Waals surface area contributed by atoms with Gasteiger partial charge in [-0.2, -0.15) is 0 Å². The summed E-state index contributed by atoms with van der Waals surface area (Å²) >= 11 is 0. The Morgan fingerprint density at radius 1 is 1.26 bits per heavy atom. The van der Waals surface area contributed by atoms with E-state index in [1.807, 2.05) is 0 Å². The maximum Gasteiger partial charge on any atom is 0.0547 e. The topological polar surface area (TPSA) is 24.5 Å². The monoisotopic (exact) mass is 266 g/mol. The zero-order valence-corrected chi connectivity index (χ0v) is 12.5. The third kappa shape index (κ3) is 3.50. The minimum Gasteiger partial charge on any atom is -0.381 e. The van der Waals surface area contributed by atoms with E-state index in [1.165, 1.54) is 64.6 Å². The molecular formula is C16H30N2O. The number of hydrogen-bond donors (Lipinski definition) is 1. The fourth-order valence-electron chi connectivity index (χ4n) is 3.78. The van der Waals surface area contributed by atoms with Crippen LogP contribution in [0, 0.1) is 5.41 Å². The van der Waals surface area contributed by atoms with Crippen LogP contribution in [0.5, 0.6) is 0 Å². The molecule has 0 aromatic heterocycles. The van der Waals surface area contributed by atoms with Crippen molar-refractivity contribution in [3.05, 3.63) is 0 Å². The average molecular weight is 266 g/mol. The molecular weight excluding hydrogens is 236 g/mol. The summed E-state index contributed by atoms with van der Waals surface area (Å²) in [5.41, 5.74) is 0.396. The van der Waals surface area contributed by atoms with Crippen LogP contribution in [-0.2, 0) is 4.74 Å². The van der Waals surface area contributed by atoms with Crippen molar-refractivity contribution in [3.8, 4) is 0 Å². The fraction of sp³-hybridized carbons (Fsp3) is 1.00. The van der Waals surface area contributed by atoms with Gasteiger partial charge in [-0.1, -0.05) is 13.3 Å². The molecule has 2 saturated heterocycles. The first-order valence-electron chi connectivity index (χ1n) is 8.36. The normalized spacial score (nSPS) is 36.8. The van der Waals surface area contributed by atoms with Gasteiger partial charge in [0.15, 0.2) is 0 Å². The van der Waals surface area contributed by atoms with Crippen LogP contribution in [0.3, 0.4) is 0 Å². The molecule has 0 spiro atoms. The molecule has 1 N–H and O–H groups in total. The molecule has 3 rings (SSSR count). The number of piperidine rings is 1. The van der Waals surface area contributed by atoms with Gasteiger partial charge in [0.25, 0.3) is 0 Å². The van der Waals surface area contributed by atoms with Crippen LogP contribution in [0.25, 0.3) is 0 Å². The lowest BCUT2D eigenvalue weighted by molar-refractivity contribution is 0.0639. The molecule has 3 heteroatoms. The van der Waals surface area contributed by atoms with Crippen molar-refractivity contribution >= 4 is 0 Å². The van der Waals surface area contributed by atoms with Crippen LogP contribution in [-0.4, -0.2) is 49.8 Å². The zero-order chi connectivity index (χ0) is 13.1. The Hall–Kier alpha value is -0.120. The fourth-order valence-corrected chi connectivity index (χ4v) is 3.78. The van der Waals surface area contributed by atoms with Crippen LogP contribution in [0.2, 0.25) is 0 Å². The van der Waals surface area contributed by atoms with Crippen molar-refractivity contribution in [2.45, 2.75) is 64.0 Å². The predicted octanol–water partition coefficient (Wildman–Crippen LogP) is 2.41. The van der Waals surface area contributed by atoms with E-state index in [0.29, 0.717) is 5.41 Å². The van der Waals surface area contributed by atoms with E-state index in [2.05, 4.69) is 17.1 Å². The molecule has 2 unspecified atom stereocenters. The van der Waals surface area contributed by atoms with E-state index in [9.17, 15) is 0 Å². The number of rotatable bonds is 6. The number of nitrogens with zero attached hydrogens (tertiary/aromatic N) is 1. The van der Waals surface area contributed by atoms with Gasteiger partial charge in [-0.3, -0.25) is 4.90 Å². The summed E-state index contributed by atoms with van der Waals surface area (Å²) in [6.45, 7) is 8.03. The quantitative estimate of drug-likeness (QED) is 0.799. The lowest BCUT2D eigenvalue weighted by Crippen LogP contribution is -2.50. The average Bonchev–Trinajstić information content (AvgIpc) is 3.17. The molecule has 0 radical (unpaired) electrons. The Balaban J connectivity index is 1.58. The molecule has 0 aromatic carbocycles. The second-order valence-electron chi connectivity index (χ2n) is 6.99. The summed E-state index contributed by atoms with van der Waals surface area (Å²) in [5.74, 6) is 0. The summed E-state index contributed by atoms with van der Waals surface area (Å²) in [5, 5.41) is 3.76. The largest absolute Gasteiger partial charge is 0.381 e. The van der Waals surface area contributed by atoms with Crippen LogP contribution >= 0.6 is 0 Å². The number of hydrogen-bond acceptors (Lipinski definition) is 3. The van der Waals surface area contributed by atoms with Crippen LogP contribution in [0.4, 0.5) is 0 Å². The molecule has 2 aliphatic heterocycles. The van der Waals surface area contributed by atoms with E-state index in [-0.39, 0.29) is 0 Å². The van der Waals surface area contributed by atoms with E-state index in [0.717, 1.165) is 25.3 Å². The van der Waals surface area contributed by atoms with Crippen molar-refractivity contribution < 1.29 is 4.74 Å². The van der Waals surface area contributed by atoms with Gasteiger partial charge in [0, 0.05) is 37.2 Å². The summed E-state index contributed by atoms with van der Waals surface area (Å²) in [4.78, 5) is 2.77. The van der Waals surface area contributed by atoms with Crippen LogP contribution in [0.1, 0.15) is 51.9 Å². The third-order valence-corrected chi connectivity index (χ3v) is 5.29. The molecule has 110 valence electrons. The van der Waals surface area contributed by atoms with Gasteiger partial charge in [0.05, 0.1) is 6.61 Å². The maximum absolute atomic E-state index is 5.76. The smallest absolute Gasteiger partial charge is 0.0547 e. The molecule has 0 amide bonds. The van der Waals surface area contributed by atoms with Gasteiger partial charge in [-0.05, 0) is 45.1 Å². The van der Waals surface area contributed by atoms with Gasteiger partial charge in [-0.25, -0.2) is 0 Å². The van der Waals surface area contributed by atoms with Gasteiger partial charge < -0.3 is 10.1 Å². The lowest BCUT2D eigenvalue weighted by atomic mass is 9.84. The van der Waals surface area contributed by atoms with Crippen LogP contribution in [0.15, 0.2) is 0 Å². The number of ether oxygens (including phenoxy) is 1. The van der Waals surface area contributed by atoms with E-state index in [1.54, 1.807) is 0 Å². The Morgan fingerprint density at radius 2 is 2.16 bits per heavy atom. The van der Waals surface area contributed by atoms with Crippen molar-refractivity contribution in [3.63, 3.8) is 0 Å². The molecule has 1 aliphatic carbocycles. The van der Waals surface area contributed by atoms with Gasteiger partial charge in [-0.15, -0.1) is 0 Å². The molecule has 0 aromatic rings. The SMILES string of the molecule is CCC1CCCCN1CC1(CNC2CC2)CCOC1. The van der Waals surface area contributed by atoms with Crippen molar-refractivity contribution in [2.24, 2.45) is 5.41 Å². The maximum atomic E-state index is 5.76. The standard InChI is InChI=1S/C16H30N2O/c1-2-15-5-3-4-9-18(15)12-16(8-10-19-13-16)11-17-14-6-7-14/h14-15,17H,2-13H2,1H3. The van der Waals surface area contributed by atoms with Gasteiger partial charge >= 0.3 is 0 Å². The van der Waals surface area contributed by atoms with Crippen molar-refractivity contribution in [1.29, 1.82) is 0 Å². The van der Waals surface area contributed by atoms with E-state index < -0.39 is 0 Å². The highest BCUT2D eigenvalue weighted by atomic mass is 16.5. The number of nitrogens with one attached hydrogen (secondary N) is 1. The first kappa shape index (κ1) is 13.8. The molecule has 2 heterocycles. The molecule has 0 bridgehead atoms. The van der Waals surface area contributed by atoms with E-state index in [4.69, 9.17) is 4.74 Å². The first-order valence-corrected chi connectivity index (χ1v) is 8.36. The molecule has 1 saturated carbocycles. The Labute approximate surface area is 118 Å². The summed E-state index contributed by atoms with van der Waals surface area (Å²) in [7, 11) is 0. The first-order chi connectivity index (χ1) is 9.31. The van der Waals surface area contributed by atoms with Gasteiger partial charge in [0.1, 0.15) is 0 Å². The minimum absolute atomic E-state index is 0.396. The highest BCUT2D eigenvalue weighted by Crippen LogP contribution is 2.33. The Kier molecular flexibility index (Phi) is 4.45. The van der Waals surface area contributed by atoms with Crippen molar-refractivity contribution in [2.75, 3.05) is 32.8 Å². The molecule has 19 heavy (non-hydrogen) atoms. The lowest BCUT2D eigenvalue weighted by Gasteiger charge is -2.41. The number of likely N-dealkylation sites (tertiary alicyclic amines) is 1. The molecule has 3 aliphatic rings. The Morgan fingerprint density at radius 3 is 2.84 bits per heavy atom. The molecule has 3 nitrogen and oxygen atoms in total. The predicted molar refractivity (Wildman–Crippen MR) is 78.4 cm³/mol. The highest BCUT2D eigenvalue weighted by Gasteiger charge is 2.39. The highest BCUT2D eigenvalue weighted by molar-refractivity contribution is 4.93. The second kappa shape index (κ2) is 6.11. The second-order valence-corrected chi connectivity index (χ2v) is 6.99. The third-order valence-electron chi connectivity index (χ3n) is 5.29. The summed E-state index contributed by atoms with van der Waals surface area (Å²) in [6.07, 6.45) is 9.56. The van der Waals surface area contributed by atoms with Crippen LogP contribution < -0.4 is 5.32 Å². The molecule has 3 fully saturated rings. The summed E-state index contributed by atoms with van der Waals surface area (Å²) < 4.78 is 5.76. The minimum atomic E-state index is 0.396. The summed E-state index contributed by atoms with van der Waals surface area (Å²) in [6, 6.07) is 1.65. The van der Waals surface area contributed by atoms with Gasteiger partial charge in [0.2, 0.25) is 0 Å². The zero-order valence-electron chi connectivity index (χ0n) is 12.5. The molecule has 2 atom stereocenters.